The largest absolute Gasteiger partial charge is 0.495 e. The van der Waals surface area contributed by atoms with Gasteiger partial charge in [-0.3, -0.25) is 4.79 Å². The quantitative estimate of drug-likeness (QED) is 0.882. The van der Waals surface area contributed by atoms with Crippen molar-refractivity contribution in [3.8, 4) is 17.0 Å². The van der Waals surface area contributed by atoms with Crippen molar-refractivity contribution in [1.82, 2.24) is 10.2 Å². The Hall–Kier alpha value is -1.52. The highest BCUT2D eigenvalue weighted by Crippen LogP contribution is 2.29. The summed E-state index contributed by atoms with van der Waals surface area (Å²) in [6, 6.07) is 6.91. The van der Waals surface area contributed by atoms with E-state index in [1.807, 2.05) is 6.07 Å². The topological polar surface area (TPSA) is 55.0 Å². The number of methoxy groups -OCH3 is 1. The molecule has 4 nitrogen and oxygen atoms in total. The van der Waals surface area contributed by atoms with Gasteiger partial charge in [0.1, 0.15) is 5.75 Å². The van der Waals surface area contributed by atoms with Crippen LogP contribution in [0.2, 0.25) is 5.02 Å². The molecule has 1 aromatic carbocycles. The van der Waals surface area contributed by atoms with E-state index in [4.69, 9.17) is 27.9 Å². The summed E-state index contributed by atoms with van der Waals surface area (Å²) >= 11 is 11.7. The van der Waals surface area contributed by atoms with Crippen molar-refractivity contribution >= 4 is 23.2 Å². The lowest BCUT2D eigenvalue weighted by atomic mass is 10.1. The van der Waals surface area contributed by atoms with Gasteiger partial charge in [0, 0.05) is 11.1 Å². The zero-order valence-electron chi connectivity index (χ0n) is 9.54. The van der Waals surface area contributed by atoms with Crippen LogP contribution in [0.5, 0.6) is 5.75 Å². The van der Waals surface area contributed by atoms with Crippen LogP contribution in [-0.4, -0.2) is 17.3 Å². The maximum Gasteiger partial charge on any atom is 0.268 e. The number of rotatable bonds is 3. The summed E-state index contributed by atoms with van der Waals surface area (Å²) in [5, 5.41) is 6.84. The van der Waals surface area contributed by atoms with Crippen LogP contribution < -0.4 is 10.3 Å². The summed E-state index contributed by atoms with van der Waals surface area (Å²) < 4.78 is 5.07. The summed E-state index contributed by atoms with van der Waals surface area (Å²) in [6.45, 7) is 0. The highest BCUT2D eigenvalue weighted by Gasteiger charge is 2.07. The molecule has 0 fully saturated rings. The number of benzene rings is 1. The van der Waals surface area contributed by atoms with E-state index in [1.165, 1.54) is 0 Å². The number of nitrogens with one attached hydrogen (secondary N) is 1. The lowest BCUT2D eigenvalue weighted by Gasteiger charge is -2.06. The van der Waals surface area contributed by atoms with Crippen LogP contribution in [0.25, 0.3) is 11.3 Å². The molecule has 1 heterocycles. The molecule has 0 unspecified atom stereocenters. The molecule has 0 atom stereocenters. The van der Waals surface area contributed by atoms with Crippen LogP contribution in [0.1, 0.15) is 5.56 Å². The Morgan fingerprint density at radius 2 is 2.17 bits per heavy atom. The predicted molar refractivity (Wildman–Crippen MR) is 71.4 cm³/mol. The second-order valence-electron chi connectivity index (χ2n) is 3.59. The Balaban J connectivity index is 2.48. The van der Waals surface area contributed by atoms with E-state index in [1.54, 1.807) is 25.3 Å². The fourth-order valence-electron chi connectivity index (χ4n) is 1.52. The summed E-state index contributed by atoms with van der Waals surface area (Å²) in [5.41, 5.74) is 1.57. The van der Waals surface area contributed by atoms with E-state index in [9.17, 15) is 4.79 Å². The van der Waals surface area contributed by atoms with Crippen LogP contribution in [0.3, 0.4) is 0 Å². The van der Waals surface area contributed by atoms with Crippen LogP contribution in [0.4, 0.5) is 0 Å². The number of hydrogen-bond donors (Lipinski definition) is 1. The van der Waals surface area contributed by atoms with Crippen LogP contribution in [0.15, 0.2) is 29.1 Å². The van der Waals surface area contributed by atoms with Crippen LogP contribution in [-0.2, 0) is 5.88 Å². The number of halogens is 2. The van der Waals surface area contributed by atoms with Gasteiger partial charge in [0.05, 0.1) is 23.7 Å². The second kappa shape index (κ2) is 5.42. The number of nitrogens with zero attached hydrogens (tertiary/aromatic N) is 1. The Bertz CT molecular complexity index is 626. The summed E-state index contributed by atoms with van der Waals surface area (Å²) in [4.78, 5) is 11.4. The van der Waals surface area contributed by atoms with Crippen molar-refractivity contribution in [2.24, 2.45) is 0 Å². The van der Waals surface area contributed by atoms with Crippen molar-refractivity contribution < 1.29 is 4.74 Å². The van der Waals surface area contributed by atoms with E-state index in [0.29, 0.717) is 22.0 Å². The third-order valence-electron chi connectivity index (χ3n) is 2.47. The van der Waals surface area contributed by atoms with Crippen molar-refractivity contribution in [2.75, 3.05) is 7.11 Å². The minimum atomic E-state index is -0.284. The van der Waals surface area contributed by atoms with Gasteiger partial charge in [-0.05, 0) is 24.3 Å². The highest BCUT2D eigenvalue weighted by molar-refractivity contribution is 6.32. The van der Waals surface area contributed by atoms with E-state index in [2.05, 4.69) is 10.2 Å². The lowest BCUT2D eigenvalue weighted by molar-refractivity contribution is 0.415. The maximum absolute atomic E-state index is 11.4. The maximum atomic E-state index is 11.4. The van der Waals surface area contributed by atoms with E-state index in [0.717, 1.165) is 5.56 Å². The lowest BCUT2D eigenvalue weighted by Crippen LogP contribution is -2.13. The number of aromatic amines is 1. The molecule has 1 N–H and O–H groups in total. The highest BCUT2D eigenvalue weighted by atomic mass is 35.5. The standard InChI is InChI=1S/C12H10Cl2N2O2/c1-18-11-3-2-7(4-9(11)14)10-5-8(6-13)12(17)16-15-10/h2-5H,6H2,1H3,(H,16,17). The van der Waals surface area contributed by atoms with Gasteiger partial charge >= 0.3 is 0 Å². The van der Waals surface area contributed by atoms with Gasteiger partial charge < -0.3 is 4.74 Å². The van der Waals surface area contributed by atoms with Gasteiger partial charge in [0.15, 0.2) is 0 Å². The van der Waals surface area contributed by atoms with Crippen molar-refractivity contribution in [3.05, 3.63) is 45.2 Å². The minimum absolute atomic E-state index is 0.134. The van der Waals surface area contributed by atoms with E-state index in [-0.39, 0.29) is 11.4 Å². The first-order valence-electron chi connectivity index (χ1n) is 5.14. The number of hydrogen-bond acceptors (Lipinski definition) is 3. The van der Waals surface area contributed by atoms with Crippen molar-refractivity contribution in [2.45, 2.75) is 5.88 Å². The number of aromatic nitrogens is 2. The summed E-state index contributed by atoms with van der Waals surface area (Å²) in [6.07, 6.45) is 0. The Labute approximate surface area is 114 Å². The Morgan fingerprint density at radius 3 is 2.78 bits per heavy atom. The molecule has 0 radical (unpaired) electrons. The van der Waals surface area contributed by atoms with E-state index >= 15 is 0 Å². The molecular formula is C12H10Cl2N2O2. The van der Waals surface area contributed by atoms with Crippen molar-refractivity contribution in [1.29, 1.82) is 0 Å². The van der Waals surface area contributed by atoms with Gasteiger partial charge in [-0.1, -0.05) is 11.6 Å². The van der Waals surface area contributed by atoms with Gasteiger partial charge in [0.25, 0.3) is 5.56 Å². The average Bonchev–Trinajstić information content (AvgIpc) is 2.39. The van der Waals surface area contributed by atoms with Crippen LogP contribution in [0, 0.1) is 0 Å². The monoisotopic (exact) mass is 284 g/mol. The van der Waals surface area contributed by atoms with Gasteiger partial charge in [0.2, 0.25) is 0 Å². The number of H-pyrrole nitrogens is 1. The summed E-state index contributed by atoms with van der Waals surface area (Å²) in [7, 11) is 1.55. The molecule has 0 aliphatic carbocycles. The van der Waals surface area contributed by atoms with Crippen LogP contribution >= 0.6 is 23.2 Å². The Kier molecular flexibility index (Phi) is 3.89. The molecule has 0 saturated carbocycles. The SMILES string of the molecule is COc1ccc(-c2cc(CCl)c(=O)[nH]n2)cc1Cl. The first-order valence-corrected chi connectivity index (χ1v) is 6.05. The molecule has 0 saturated heterocycles. The molecule has 0 bridgehead atoms. The molecule has 6 heteroatoms. The van der Waals surface area contributed by atoms with Crippen molar-refractivity contribution in [3.63, 3.8) is 0 Å². The van der Waals surface area contributed by atoms with Gasteiger partial charge in [-0.25, -0.2) is 5.10 Å². The Morgan fingerprint density at radius 1 is 1.39 bits per heavy atom. The molecule has 1 aromatic heterocycles. The minimum Gasteiger partial charge on any atom is -0.495 e. The molecule has 2 rings (SSSR count). The number of ether oxygens (including phenoxy) is 1. The number of alkyl halides is 1. The molecular weight excluding hydrogens is 275 g/mol. The second-order valence-corrected chi connectivity index (χ2v) is 4.26. The zero-order valence-corrected chi connectivity index (χ0v) is 11.0. The third-order valence-corrected chi connectivity index (χ3v) is 3.06. The molecule has 2 aromatic rings. The molecule has 94 valence electrons. The molecule has 0 amide bonds. The average molecular weight is 285 g/mol. The molecule has 0 aliphatic rings. The van der Waals surface area contributed by atoms with E-state index < -0.39 is 0 Å². The summed E-state index contributed by atoms with van der Waals surface area (Å²) in [5.74, 6) is 0.719. The molecule has 18 heavy (non-hydrogen) atoms. The van der Waals surface area contributed by atoms with Gasteiger partial charge in [-0.15, -0.1) is 11.6 Å². The molecule has 0 aliphatic heterocycles. The predicted octanol–water partition coefficient (Wildman–Crippen LogP) is 2.84. The zero-order chi connectivity index (χ0) is 13.1. The smallest absolute Gasteiger partial charge is 0.268 e. The first kappa shape index (κ1) is 12.9. The third kappa shape index (κ3) is 2.49. The van der Waals surface area contributed by atoms with Gasteiger partial charge in [-0.2, -0.15) is 5.10 Å². The molecule has 0 spiro atoms. The first-order chi connectivity index (χ1) is 8.65. The fraction of sp³-hybridized carbons (Fsp3) is 0.167. The normalized spacial score (nSPS) is 10.4. The fourth-order valence-corrected chi connectivity index (χ4v) is 1.97.